The first-order chi connectivity index (χ1) is 14.7. The van der Waals surface area contributed by atoms with E-state index in [1.165, 1.54) is 0 Å². The molecule has 4 aromatic rings. The molecule has 0 unspecified atom stereocenters. The van der Waals surface area contributed by atoms with E-state index in [0.717, 1.165) is 21.7 Å². The van der Waals surface area contributed by atoms with Crippen molar-refractivity contribution in [2.24, 2.45) is 5.73 Å². The van der Waals surface area contributed by atoms with Crippen molar-refractivity contribution in [2.75, 3.05) is 0 Å². The van der Waals surface area contributed by atoms with E-state index >= 15 is 0 Å². The Morgan fingerprint density at radius 3 is 1.37 bits per heavy atom. The average Bonchev–Trinajstić information content (AvgIpc) is 2.84. The Labute approximate surface area is 183 Å². The lowest BCUT2D eigenvalue weighted by atomic mass is 9.95. The highest BCUT2D eigenvalue weighted by molar-refractivity contribution is 8.20. The molecule has 0 aliphatic carbocycles. The molecule has 2 atom stereocenters. The Balaban J connectivity index is 1.82. The molecule has 0 radical (unpaired) electrons. The van der Waals surface area contributed by atoms with Gasteiger partial charge in [0.15, 0.2) is 0 Å². The molecule has 30 heavy (non-hydrogen) atoms. The van der Waals surface area contributed by atoms with Crippen molar-refractivity contribution in [2.45, 2.75) is 12.1 Å². The fourth-order valence-electron chi connectivity index (χ4n) is 3.66. The second kappa shape index (κ2) is 9.51. The van der Waals surface area contributed by atoms with E-state index in [0.29, 0.717) is 0 Å². The van der Waals surface area contributed by atoms with Crippen LogP contribution in [0.1, 0.15) is 23.2 Å². The van der Waals surface area contributed by atoms with Crippen LogP contribution in [0.2, 0.25) is 0 Å². The number of rotatable bonds is 7. The highest BCUT2D eigenvalue weighted by Gasteiger charge is 2.30. The van der Waals surface area contributed by atoms with Crippen LogP contribution in [0.4, 0.5) is 0 Å². The van der Waals surface area contributed by atoms with Gasteiger partial charge in [-0.05, 0) is 11.1 Å². The van der Waals surface area contributed by atoms with Crippen LogP contribution in [-0.2, 0) is 11.8 Å². The van der Waals surface area contributed by atoms with Gasteiger partial charge in [-0.15, -0.1) is 0 Å². The van der Waals surface area contributed by atoms with Crippen LogP contribution >= 0.6 is 6.19 Å². The maximum Gasteiger partial charge on any atom is 0.0689 e. The van der Waals surface area contributed by atoms with Crippen molar-refractivity contribution in [1.82, 2.24) is 5.09 Å². The number of hydrogen-bond donors (Lipinski definition) is 2. The third kappa shape index (κ3) is 4.45. The molecule has 4 rings (SSSR count). The van der Waals surface area contributed by atoms with Crippen molar-refractivity contribution in [3.8, 4) is 0 Å². The van der Waals surface area contributed by atoms with Crippen LogP contribution in [0.15, 0.2) is 121 Å². The third-order valence-electron chi connectivity index (χ3n) is 5.26. The first-order valence-electron chi connectivity index (χ1n) is 10.0. The second-order valence-corrected chi connectivity index (χ2v) is 11.4. The van der Waals surface area contributed by atoms with Gasteiger partial charge >= 0.3 is 0 Å². The van der Waals surface area contributed by atoms with E-state index in [4.69, 9.17) is 17.5 Å². The topological polar surface area (TPSA) is 38.0 Å². The summed E-state index contributed by atoms with van der Waals surface area (Å²) in [6.45, 7) is 0. The third-order valence-corrected chi connectivity index (χ3v) is 9.54. The Morgan fingerprint density at radius 2 is 0.933 bits per heavy atom. The van der Waals surface area contributed by atoms with Gasteiger partial charge in [0.1, 0.15) is 0 Å². The van der Waals surface area contributed by atoms with Gasteiger partial charge in [-0.3, -0.25) is 5.09 Å². The predicted molar refractivity (Wildman–Crippen MR) is 132 cm³/mol. The molecule has 0 aliphatic heterocycles. The molecule has 0 aliphatic rings. The summed E-state index contributed by atoms with van der Waals surface area (Å²) in [4.78, 5) is 0. The average molecular weight is 429 g/mol. The van der Waals surface area contributed by atoms with Gasteiger partial charge < -0.3 is 5.73 Å². The summed E-state index contributed by atoms with van der Waals surface area (Å²) in [7, 11) is 0. The molecule has 0 aromatic heterocycles. The fraction of sp³-hybridized carbons (Fsp3) is 0.0769. The summed E-state index contributed by atoms with van der Waals surface area (Å²) in [5, 5.41) is 6.14. The lowest BCUT2D eigenvalue weighted by Crippen LogP contribution is -2.36. The summed E-state index contributed by atoms with van der Waals surface area (Å²) in [6, 6.07) is 41.0. The largest absolute Gasteiger partial charge is 0.322 e. The molecular formula is C26H25N2PS. The summed E-state index contributed by atoms with van der Waals surface area (Å²) >= 11 is 6.42. The lowest BCUT2D eigenvalue weighted by molar-refractivity contribution is 0.539. The summed E-state index contributed by atoms with van der Waals surface area (Å²) in [5.74, 6) is 0. The van der Waals surface area contributed by atoms with E-state index in [1.54, 1.807) is 0 Å². The maximum absolute atomic E-state index is 6.84. The number of hydrogen-bond acceptors (Lipinski definition) is 2. The second-order valence-electron chi connectivity index (χ2n) is 7.23. The zero-order valence-electron chi connectivity index (χ0n) is 16.6. The standard InChI is InChI=1S/C26H25N2PS/c27-25(21-13-5-1-6-14-21)26(22-15-7-2-8-16-22)28-29(30,23-17-9-3-10-18-23)24-19-11-4-12-20-24/h1-20,25-26H,27H2,(H,28,30)/t25-,26-/m1/s1. The molecule has 3 N–H and O–H groups in total. The first kappa shape index (κ1) is 20.7. The lowest BCUT2D eigenvalue weighted by Gasteiger charge is -2.34. The van der Waals surface area contributed by atoms with E-state index in [2.05, 4.69) is 90.0 Å². The quantitative estimate of drug-likeness (QED) is 0.404. The molecule has 0 saturated heterocycles. The molecule has 0 heterocycles. The molecule has 150 valence electrons. The smallest absolute Gasteiger partial charge is 0.0689 e. The van der Waals surface area contributed by atoms with Crippen molar-refractivity contribution in [1.29, 1.82) is 0 Å². The molecular weight excluding hydrogens is 403 g/mol. The Kier molecular flexibility index (Phi) is 6.56. The Hall–Kier alpha value is -2.55. The van der Waals surface area contributed by atoms with Crippen LogP contribution < -0.4 is 21.4 Å². The molecule has 4 heteroatoms. The zero-order chi connectivity index (χ0) is 20.8. The number of benzene rings is 4. The van der Waals surface area contributed by atoms with Gasteiger partial charge in [-0.25, -0.2) is 0 Å². The Morgan fingerprint density at radius 1 is 0.567 bits per heavy atom. The van der Waals surface area contributed by atoms with Crippen LogP contribution in [0.3, 0.4) is 0 Å². The molecule has 2 nitrogen and oxygen atoms in total. The van der Waals surface area contributed by atoms with Crippen molar-refractivity contribution < 1.29 is 0 Å². The molecule has 0 fully saturated rings. The highest BCUT2D eigenvalue weighted by atomic mass is 32.4. The molecule has 0 spiro atoms. The Bertz CT molecular complexity index is 1060. The van der Waals surface area contributed by atoms with Gasteiger partial charge in [-0.2, -0.15) is 0 Å². The van der Waals surface area contributed by atoms with Gasteiger partial charge in [0, 0.05) is 16.7 Å². The van der Waals surface area contributed by atoms with Crippen molar-refractivity contribution >= 4 is 28.6 Å². The van der Waals surface area contributed by atoms with Gasteiger partial charge in [0.25, 0.3) is 0 Å². The van der Waals surface area contributed by atoms with Crippen molar-refractivity contribution in [3.05, 3.63) is 132 Å². The summed E-state index contributed by atoms with van der Waals surface area (Å²) in [5.41, 5.74) is 9.06. The molecule has 4 aromatic carbocycles. The number of nitrogens with one attached hydrogen (secondary N) is 1. The van der Waals surface area contributed by atoms with Gasteiger partial charge in [0.2, 0.25) is 0 Å². The van der Waals surface area contributed by atoms with E-state index in [-0.39, 0.29) is 12.1 Å². The number of nitrogens with two attached hydrogens (primary N) is 1. The fourth-order valence-corrected chi connectivity index (χ4v) is 7.21. The van der Waals surface area contributed by atoms with E-state index < -0.39 is 6.19 Å². The summed E-state index contributed by atoms with van der Waals surface area (Å²) < 4.78 is 0. The van der Waals surface area contributed by atoms with Crippen LogP contribution in [0, 0.1) is 0 Å². The predicted octanol–water partition coefficient (Wildman–Crippen LogP) is 5.06. The van der Waals surface area contributed by atoms with Gasteiger partial charge in [0.05, 0.1) is 12.2 Å². The van der Waals surface area contributed by atoms with E-state index in [1.807, 2.05) is 36.4 Å². The molecule has 0 bridgehead atoms. The van der Waals surface area contributed by atoms with Gasteiger partial charge in [-0.1, -0.05) is 133 Å². The highest BCUT2D eigenvalue weighted by Crippen LogP contribution is 2.44. The summed E-state index contributed by atoms with van der Waals surface area (Å²) in [6.07, 6.45) is -2.32. The monoisotopic (exact) mass is 428 g/mol. The minimum absolute atomic E-state index is 0.125. The van der Waals surface area contributed by atoms with Crippen LogP contribution in [0.5, 0.6) is 0 Å². The normalized spacial score (nSPS) is 13.5. The SMILES string of the molecule is N[C@H](c1ccccc1)[C@H](NP(=S)(c1ccccc1)c1ccccc1)c1ccccc1. The minimum atomic E-state index is -2.32. The van der Waals surface area contributed by atoms with Crippen LogP contribution in [0.25, 0.3) is 0 Å². The molecule has 0 amide bonds. The molecule has 0 saturated carbocycles. The minimum Gasteiger partial charge on any atom is -0.322 e. The van der Waals surface area contributed by atoms with Crippen LogP contribution in [-0.4, -0.2) is 0 Å². The van der Waals surface area contributed by atoms with E-state index in [9.17, 15) is 0 Å². The van der Waals surface area contributed by atoms with Crippen molar-refractivity contribution in [3.63, 3.8) is 0 Å². The maximum atomic E-state index is 6.84. The zero-order valence-corrected chi connectivity index (χ0v) is 18.3. The first-order valence-corrected chi connectivity index (χ1v) is 12.8.